The first-order valence-electron chi connectivity index (χ1n) is 2.47. The fourth-order valence-corrected chi connectivity index (χ4v) is 0.833. The summed E-state index contributed by atoms with van der Waals surface area (Å²) in [5.74, 6) is -0.209. The average Bonchev–Trinajstić information content (AvgIpc) is 1.84. The van der Waals surface area contributed by atoms with Crippen LogP contribution in [0, 0.1) is 0 Å². The maximum Gasteiger partial charge on any atom is 0.182 e. The standard InChI is InChI=1S/C5H5FIN3/c1-3-9-5(8)4(6)2-10(3)7/h2H,1H2,(H2,8,9). The normalized spacial score (nSPS) is 18.6. The number of amidine groups is 1. The SMILES string of the molecule is C=C1N=C(N)C(F)=CN1I. The quantitative estimate of drug-likeness (QED) is 0.522. The zero-order valence-corrected chi connectivity index (χ0v) is 7.17. The van der Waals surface area contributed by atoms with Crippen LogP contribution in [0.25, 0.3) is 0 Å². The molecule has 1 rings (SSSR count). The Kier molecular flexibility index (Phi) is 1.93. The molecule has 0 saturated carbocycles. The Labute approximate surface area is 71.6 Å². The number of halogens is 2. The van der Waals surface area contributed by atoms with E-state index in [1.807, 2.05) is 22.9 Å². The molecule has 0 aliphatic carbocycles. The van der Waals surface area contributed by atoms with Crippen molar-refractivity contribution in [2.45, 2.75) is 0 Å². The first kappa shape index (κ1) is 7.52. The number of aliphatic imine (C=N–C) groups is 1. The zero-order valence-electron chi connectivity index (χ0n) is 5.01. The molecule has 0 unspecified atom stereocenters. The molecule has 0 aromatic rings. The van der Waals surface area contributed by atoms with Crippen molar-refractivity contribution in [3.8, 4) is 0 Å². The zero-order chi connectivity index (χ0) is 7.72. The lowest BCUT2D eigenvalue weighted by Gasteiger charge is -2.15. The number of nitrogens with two attached hydrogens (primary N) is 1. The molecule has 0 aromatic heterocycles. The maximum atomic E-state index is 12.5. The van der Waals surface area contributed by atoms with Gasteiger partial charge in [0.1, 0.15) is 5.82 Å². The van der Waals surface area contributed by atoms with E-state index < -0.39 is 5.83 Å². The monoisotopic (exact) mass is 253 g/mol. The molecule has 1 heterocycles. The Hall–Kier alpha value is -0.590. The summed E-state index contributed by atoms with van der Waals surface area (Å²) in [5.41, 5.74) is 5.15. The molecule has 0 aromatic carbocycles. The molecule has 54 valence electrons. The Morgan fingerprint density at radius 3 is 2.90 bits per heavy atom. The predicted octanol–water partition coefficient (Wildman–Crippen LogP) is 1.29. The molecular formula is C5H5FIN3. The molecule has 1 aliphatic heterocycles. The van der Waals surface area contributed by atoms with Crippen molar-refractivity contribution in [2.75, 3.05) is 0 Å². The Balaban J connectivity index is 2.94. The van der Waals surface area contributed by atoms with Crippen LogP contribution in [-0.4, -0.2) is 8.95 Å². The van der Waals surface area contributed by atoms with E-state index in [4.69, 9.17) is 5.73 Å². The largest absolute Gasteiger partial charge is 0.381 e. The fraction of sp³-hybridized carbons (Fsp3) is 0. The van der Waals surface area contributed by atoms with Gasteiger partial charge in [-0.25, -0.2) is 9.38 Å². The summed E-state index contributed by atoms with van der Waals surface area (Å²) >= 11 is 1.86. The first-order chi connectivity index (χ1) is 4.61. The third kappa shape index (κ3) is 1.28. The van der Waals surface area contributed by atoms with Gasteiger partial charge in [-0.3, -0.25) is 3.11 Å². The van der Waals surface area contributed by atoms with E-state index in [0.717, 1.165) is 0 Å². The number of hydrogen-bond acceptors (Lipinski definition) is 3. The third-order valence-corrected chi connectivity index (χ3v) is 1.80. The second-order valence-electron chi connectivity index (χ2n) is 1.70. The molecule has 0 bridgehead atoms. The van der Waals surface area contributed by atoms with Crippen LogP contribution in [-0.2, 0) is 0 Å². The van der Waals surface area contributed by atoms with E-state index in [2.05, 4.69) is 11.6 Å². The lowest BCUT2D eigenvalue weighted by Crippen LogP contribution is -2.20. The highest BCUT2D eigenvalue weighted by Gasteiger charge is 2.12. The lowest BCUT2D eigenvalue weighted by atomic mass is 10.4. The van der Waals surface area contributed by atoms with E-state index in [1.165, 1.54) is 9.31 Å². The van der Waals surface area contributed by atoms with Gasteiger partial charge in [-0.1, -0.05) is 6.58 Å². The number of hydrogen-bond donors (Lipinski definition) is 1. The highest BCUT2D eigenvalue weighted by Crippen LogP contribution is 2.18. The highest BCUT2D eigenvalue weighted by atomic mass is 127. The molecule has 0 amide bonds. The van der Waals surface area contributed by atoms with Crippen LogP contribution in [0.3, 0.4) is 0 Å². The molecule has 0 spiro atoms. The van der Waals surface area contributed by atoms with Crippen LogP contribution in [0.2, 0.25) is 0 Å². The summed E-state index contributed by atoms with van der Waals surface area (Å²) in [6.45, 7) is 3.52. The van der Waals surface area contributed by atoms with E-state index in [0.29, 0.717) is 5.82 Å². The Morgan fingerprint density at radius 2 is 2.40 bits per heavy atom. The van der Waals surface area contributed by atoms with Gasteiger partial charge < -0.3 is 5.73 Å². The van der Waals surface area contributed by atoms with Gasteiger partial charge in [0.25, 0.3) is 0 Å². The van der Waals surface area contributed by atoms with Crippen LogP contribution in [0.5, 0.6) is 0 Å². The van der Waals surface area contributed by atoms with Gasteiger partial charge in [0.05, 0.1) is 29.1 Å². The van der Waals surface area contributed by atoms with Crippen LogP contribution in [0.1, 0.15) is 0 Å². The first-order valence-corrected chi connectivity index (χ1v) is 3.43. The summed E-state index contributed by atoms with van der Waals surface area (Å²) in [6, 6.07) is 0. The molecule has 0 atom stereocenters. The van der Waals surface area contributed by atoms with E-state index in [-0.39, 0.29) is 5.84 Å². The van der Waals surface area contributed by atoms with Crippen molar-refractivity contribution in [1.82, 2.24) is 3.11 Å². The van der Waals surface area contributed by atoms with Gasteiger partial charge in [0, 0.05) is 0 Å². The van der Waals surface area contributed by atoms with Crippen molar-refractivity contribution in [2.24, 2.45) is 10.7 Å². The van der Waals surface area contributed by atoms with E-state index in [1.54, 1.807) is 0 Å². The summed E-state index contributed by atoms with van der Waals surface area (Å²) < 4.78 is 14.0. The smallest absolute Gasteiger partial charge is 0.182 e. The number of rotatable bonds is 0. The average molecular weight is 253 g/mol. The molecule has 0 radical (unpaired) electrons. The molecular weight excluding hydrogens is 248 g/mol. The topological polar surface area (TPSA) is 41.6 Å². The van der Waals surface area contributed by atoms with Gasteiger partial charge >= 0.3 is 0 Å². The highest BCUT2D eigenvalue weighted by molar-refractivity contribution is 14.1. The Morgan fingerprint density at radius 1 is 1.80 bits per heavy atom. The summed E-state index contributed by atoms with van der Waals surface area (Å²) in [6.07, 6.45) is 1.23. The molecule has 0 fully saturated rings. The molecule has 3 nitrogen and oxygen atoms in total. The maximum absolute atomic E-state index is 12.5. The van der Waals surface area contributed by atoms with Gasteiger partial charge in [-0.05, 0) is 0 Å². The molecule has 0 saturated heterocycles. The second-order valence-corrected chi connectivity index (χ2v) is 2.74. The van der Waals surface area contributed by atoms with E-state index >= 15 is 0 Å². The summed E-state index contributed by atoms with van der Waals surface area (Å²) in [7, 11) is 0. The molecule has 5 heteroatoms. The Bertz CT molecular complexity index is 233. The van der Waals surface area contributed by atoms with Crippen molar-refractivity contribution in [1.29, 1.82) is 0 Å². The third-order valence-electron chi connectivity index (χ3n) is 0.967. The van der Waals surface area contributed by atoms with Crippen LogP contribution in [0.4, 0.5) is 4.39 Å². The predicted molar refractivity (Wildman–Crippen MR) is 45.8 cm³/mol. The summed E-state index contributed by atoms with van der Waals surface area (Å²) in [4.78, 5) is 3.62. The van der Waals surface area contributed by atoms with E-state index in [9.17, 15) is 4.39 Å². The lowest BCUT2D eigenvalue weighted by molar-refractivity contribution is 0.636. The molecule has 10 heavy (non-hydrogen) atoms. The molecule has 1 aliphatic rings. The minimum atomic E-state index is -0.526. The van der Waals surface area contributed by atoms with Gasteiger partial charge in [0.15, 0.2) is 11.7 Å². The van der Waals surface area contributed by atoms with Crippen LogP contribution < -0.4 is 5.73 Å². The van der Waals surface area contributed by atoms with Gasteiger partial charge in [-0.15, -0.1) is 0 Å². The van der Waals surface area contributed by atoms with Crippen LogP contribution >= 0.6 is 22.9 Å². The fourth-order valence-electron chi connectivity index (χ4n) is 0.480. The van der Waals surface area contributed by atoms with Crippen molar-refractivity contribution < 1.29 is 4.39 Å². The van der Waals surface area contributed by atoms with Gasteiger partial charge in [0.2, 0.25) is 0 Å². The van der Waals surface area contributed by atoms with Crippen molar-refractivity contribution >= 4 is 28.7 Å². The minimum Gasteiger partial charge on any atom is -0.381 e. The minimum absolute atomic E-state index is 0.113. The van der Waals surface area contributed by atoms with Crippen LogP contribution in [0.15, 0.2) is 29.4 Å². The van der Waals surface area contributed by atoms with Gasteiger partial charge in [-0.2, -0.15) is 0 Å². The second kappa shape index (κ2) is 2.57. The summed E-state index contributed by atoms with van der Waals surface area (Å²) in [5, 5.41) is 0. The molecule has 2 N–H and O–H groups in total. The van der Waals surface area contributed by atoms with Crippen molar-refractivity contribution in [3.05, 3.63) is 24.4 Å². The van der Waals surface area contributed by atoms with Crippen molar-refractivity contribution in [3.63, 3.8) is 0 Å². The number of nitrogens with zero attached hydrogens (tertiary/aromatic N) is 2.